The van der Waals surface area contributed by atoms with Gasteiger partial charge in [-0.3, -0.25) is 0 Å². The maximum Gasteiger partial charge on any atom is 0.392 e. The molecule has 0 aliphatic carbocycles. The Bertz CT molecular complexity index is 715. The van der Waals surface area contributed by atoms with Crippen molar-refractivity contribution in [3.8, 4) is 11.8 Å². The van der Waals surface area contributed by atoms with Crippen LogP contribution in [0.25, 0.3) is 0 Å². The highest BCUT2D eigenvalue weighted by molar-refractivity contribution is 5.92. The quantitative estimate of drug-likeness (QED) is 0.770. The molecule has 0 atom stereocenters. The van der Waals surface area contributed by atoms with E-state index in [9.17, 15) is 18.0 Å². The summed E-state index contributed by atoms with van der Waals surface area (Å²) in [4.78, 5) is 20.0. The Morgan fingerprint density at radius 1 is 1.12 bits per heavy atom. The lowest BCUT2D eigenvalue weighted by molar-refractivity contribution is -0.141. The van der Waals surface area contributed by atoms with Crippen LogP contribution < -0.4 is 4.74 Å². The molecule has 2 rings (SSSR count). The number of aryl methyl sites for hydroxylation is 2. The number of halogens is 3. The average molecular weight is 340 g/mol. The number of hydrogen-bond acceptors (Lipinski definition) is 5. The molecule has 0 amide bonds. The predicted octanol–water partition coefficient (Wildman–Crippen LogP) is 3.99. The highest BCUT2D eigenvalue weighted by Gasteiger charge is 2.27. The van der Waals surface area contributed by atoms with Crippen molar-refractivity contribution in [2.45, 2.75) is 26.4 Å². The second-order valence-corrected chi connectivity index (χ2v) is 5.15. The molecule has 1 heterocycles. The van der Waals surface area contributed by atoms with E-state index in [1.807, 2.05) is 0 Å². The molecule has 5 nitrogen and oxygen atoms in total. The average Bonchev–Trinajstić information content (AvgIpc) is 2.50. The van der Waals surface area contributed by atoms with E-state index >= 15 is 0 Å². The van der Waals surface area contributed by atoms with E-state index < -0.39 is 25.2 Å². The van der Waals surface area contributed by atoms with Gasteiger partial charge in [0, 0.05) is 12.4 Å². The van der Waals surface area contributed by atoms with Gasteiger partial charge in [-0.2, -0.15) is 13.2 Å². The maximum absolute atomic E-state index is 12.1. The van der Waals surface area contributed by atoms with Crippen LogP contribution in [0.15, 0.2) is 30.6 Å². The van der Waals surface area contributed by atoms with Crippen molar-refractivity contribution in [2.24, 2.45) is 0 Å². The molecule has 0 radical (unpaired) electrons. The van der Waals surface area contributed by atoms with Crippen LogP contribution in [0.3, 0.4) is 0 Å². The lowest BCUT2D eigenvalue weighted by atomic mass is 10.1. The third kappa shape index (κ3) is 5.22. The zero-order valence-corrected chi connectivity index (χ0v) is 13.1. The van der Waals surface area contributed by atoms with Gasteiger partial charge < -0.3 is 9.47 Å². The minimum atomic E-state index is -4.39. The highest BCUT2D eigenvalue weighted by Crippen LogP contribution is 2.26. The van der Waals surface area contributed by atoms with Crippen LogP contribution in [0, 0.1) is 13.8 Å². The van der Waals surface area contributed by atoms with Crippen LogP contribution in [0.4, 0.5) is 13.2 Å². The molecule has 0 saturated carbocycles. The van der Waals surface area contributed by atoms with E-state index in [0.717, 1.165) is 11.1 Å². The maximum atomic E-state index is 12.1. The van der Waals surface area contributed by atoms with Crippen molar-refractivity contribution >= 4 is 5.97 Å². The first kappa shape index (κ1) is 17.7. The van der Waals surface area contributed by atoms with Crippen LogP contribution >= 0.6 is 0 Å². The summed E-state index contributed by atoms with van der Waals surface area (Å²) in [5.74, 6) is -0.786. The Balaban J connectivity index is 2.14. The minimum Gasteiger partial charge on any atom is -0.462 e. The van der Waals surface area contributed by atoms with Gasteiger partial charge >= 0.3 is 18.2 Å². The monoisotopic (exact) mass is 340 g/mol. The van der Waals surface area contributed by atoms with Crippen LogP contribution in [-0.2, 0) is 4.74 Å². The van der Waals surface area contributed by atoms with Gasteiger partial charge in [-0.25, -0.2) is 14.8 Å². The minimum absolute atomic E-state index is 0.0151. The van der Waals surface area contributed by atoms with E-state index in [1.165, 1.54) is 24.5 Å². The van der Waals surface area contributed by atoms with Gasteiger partial charge in [0.15, 0.2) is 0 Å². The first-order valence-corrected chi connectivity index (χ1v) is 7.05. The molecular weight excluding hydrogens is 325 g/mol. The second kappa shape index (κ2) is 7.29. The number of alkyl halides is 3. The van der Waals surface area contributed by atoms with Crippen LogP contribution in [0.2, 0.25) is 0 Å². The third-order valence-electron chi connectivity index (χ3n) is 2.93. The number of esters is 1. The van der Waals surface area contributed by atoms with Crippen molar-refractivity contribution in [3.63, 3.8) is 0 Å². The van der Waals surface area contributed by atoms with Gasteiger partial charge in [0.1, 0.15) is 17.9 Å². The molecule has 0 aliphatic rings. The number of rotatable bonds is 5. The zero-order chi connectivity index (χ0) is 17.7. The van der Waals surface area contributed by atoms with Crippen molar-refractivity contribution in [1.29, 1.82) is 0 Å². The van der Waals surface area contributed by atoms with E-state index in [-0.39, 0.29) is 17.3 Å². The van der Waals surface area contributed by atoms with Crippen molar-refractivity contribution in [3.05, 3.63) is 47.3 Å². The summed E-state index contributed by atoms with van der Waals surface area (Å²) < 4.78 is 46.5. The van der Waals surface area contributed by atoms with Crippen LogP contribution in [-0.4, -0.2) is 28.7 Å². The third-order valence-corrected chi connectivity index (χ3v) is 2.93. The number of benzene rings is 1. The Labute approximate surface area is 136 Å². The smallest absolute Gasteiger partial charge is 0.392 e. The molecule has 0 N–H and O–H groups in total. The standard InChI is InChI=1S/C16H15F3N2O3/c1-10-3-4-13(24-15-20-8-11(2)9-21-15)12(7-10)14(22)23-6-5-16(17,18)19/h3-4,7-9H,5-6H2,1-2H3. The topological polar surface area (TPSA) is 61.3 Å². The highest BCUT2D eigenvalue weighted by atomic mass is 19.4. The summed E-state index contributed by atoms with van der Waals surface area (Å²) in [6.45, 7) is 2.79. The summed E-state index contributed by atoms with van der Waals surface area (Å²) in [6, 6.07) is 4.70. The van der Waals surface area contributed by atoms with Crippen molar-refractivity contribution < 1.29 is 27.4 Å². The normalized spacial score (nSPS) is 11.2. The summed E-state index contributed by atoms with van der Waals surface area (Å²) in [5.41, 5.74) is 1.58. The summed E-state index contributed by atoms with van der Waals surface area (Å²) in [5, 5.41) is 0. The summed E-state index contributed by atoms with van der Waals surface area (Å²) >= 11 is 0. The van der Waals surface area contributed by atoms with Gasteiger partial charge in [-0.15, -0.1) is 0 Å². The largest absolute Gasteiger partial charge is 0.462 e. The van der Waals surface area contributed by atoms with Crippen LogP contribution in [0.5, 0.6) is 11.8 Å². The van der Waals surface area contributed by atoms with E-state index in [2.05, 4.69) is 14.7 Å². The molecule has 128 valence electrons. The molecule has 0 aliphatic heterocycles. The Kier molecular flexibility index (Phi) is 5.38. The van der Waals surface area contributed by atoms with Crippen LogP contribution in [0.1, 0.15) is 27.9 Å². The molecular formula is C16H15F3N2O3. The molecule has 0 fully saturated rings. The first-order chi connectivity index (χ1) is 11.2. The molecule has 0 saturated heterocycles. The van der Waals surface area contributed by atoms with E-state index in [4.69, 9.17) is 4.74 Å². The van der Waals surface area contributed by atoms with E-state index in [1.54, 1.807) is 19.9 Å². The van der Waals surface area contributed by atoms with E-state index in [0.29, 0.717) is 0 Å². The Hall–Kier alpha value is -2.64. The number of aromatic nitrogens is 2. The number of carbonyl (C=O) groups is 1. The van der Waals surface area contributed by atoms with Gasteiger partial charge in [-0.1, -0.05) is 6.07 Å². The molecule has 8 heteroatoms. The van der Waals surface area contributed by atoms with Crippen molar-refractivity contribution in [1.82, 2.24) is 9.97 Å². The Morgan fingerprint density at radius 2 is 1.79 bits per heavy atom. The number of hydrogen-bond donors (Lipinski definition) is 0. The SMILES string of the molecule is Cc1cnc(Oc2ccc(C)cc2C(=O)OCCC(F)(F)F)nc1. The number of carbonyl (C=O) groups excluding carboxylic acids is 1. The summed E-state index contributed by atoms with van der Waals surface area (Å²) in [6.07, 6.45) is -2.51. The van der Waals surface area contributed by atoms with Gasteiger partial charge in [0.2, 0.25) is 0 Å². The van der Waals surface area contributed by atoms with Crippen molar-refractivity contribution in [2.75, 3.05) is 6.61 Å². The molecule has 2 aromatic rings. The lowest BCUT2D eigenvalue weighted by Gasteiger charge is -2.11. The predicted molar refractivity (Wildman–Crippen MR) is 79.0 cm³/mol. The molecule has 1 aromatic heterocycles. The lowest BCUT2D eigenvalue weighted by Crippen LogP contribution is -2.15. The zero-order valence-electron chi connectivity index (χ0n) is 13.1. The Morgan fingerprint density at radius 3 is 2.42 bits per heavy atom. The van der Waals surface area contributed by atoms with Gasteiger partial charge in [-0.05, 0) is 37.1 Å². The molecule has 0 unspecified atom stereocenters. The fraction of sp³-hybridized carbons (Fsp3) is 0.312. The molecule has 0 bridgehead atoms. The number of ether oxygens (including phenoxy) is 2. The second-order valence-electron chi connectivity index (χ2n) is 5.15. The van der Waals surface area contributed by atoms with Gasteiger partial charge in [0.05, 0.1) is 6.42 Å². The fourth-order valence-electron chi connectivity index (χ4n) is 1.76. The first-order valence-electron chi connectivity index (χ1n) is 7.05. The molecule has 0 spiro atoms. The fourth-order valence-corrected chi connectivity index (χ4v) is 1.76. The number of nitrogens with zero attached hydrogens (tertiary/aromatic N) is 2. The molecule has 24 heavy (non-hydrogen) atoms. The molecule has 1 aromatic carbocycles. The van der Waals surface area contributed by atoms with Gasteiger partial charge in [0.25, 0.3) is 0 Å². The summed E-state index contributed by atoms with van der Waals surface area (Å²) in [7, 11) is 0.